The molecule has 2 rings (SSSR count). The first-order valence-corrected chi connectivity index (χ1v) is 8.52. The molecule has 4 heteroatoms. The zero-order chi connectivity index (χ0) is 16.9. The number of nitrogens with zero attached hydrogens (tertiary/aromatic N) is 1. The van der Waals surface area contributed by atoms with Crippen LogP contribution in [0, 0.1) is 5.41 Å². The number of nitrogens with one attached hydrogen (secondary N) is 1. The quantitative estimate of drug-likeness (QED) is 0.847. The number of rotatable bonds is 5. The van der Waals surface area contributed by atoms with E-state index in [0.717, 1.165) is 19.4 Å². The largest absolute Gasteiger partial charge is 0.356 e. The molecule has 0 saturated carbocycles. The average molecular weight is 316 g/mol. The first-order chi connectivity index (χ1) is 10.9. The number of hydrogen-bond donors (Lipinski definition) is 1. The van der Waals surface area contributed by atoms with Crippen molar-refractivity contribution in [2.75, 3.05) is 13.1 Å². The highest BCUT2D eigenvalue weighted by atomic mass is 16.2. The van der Waals surface area contributed by atoms with E-state index >= 15 is 0 Å². The Bertz CT molecular complexity index is 534. The predicted molar refractivity (Wildman–Crippen MR) is 91.8 cm³/mol. The summed E-state index contributed by atoms with van der Waals surface area (Å²) in [5, 5.41) is 2.90. The maximum absolute atomic E-state index is 12.5. The van der Waals surface area contributed by atoms with Crippen molar-refractivity contribution in [3.8, 4) is 0 Å². The van der Waals surface area contributed by atoms with Gasteiger partial charge in [-0.1, -0.05) is 51.1 Å². The van der Waals surface area contributed by atoms with Gasteiger partial charge in [0.1, 0.15) is 0 Å². The van der Waals surface area contributed by atoms with Gasteiger partial charge in [-0.2, -0.15) is 0 Å². The van der Waals surface area contributed by atoms with Gasteiger partial charge >= 0.3 is 0 Å². The molecule has 0 spiro atoms. The molecule has 1 aliphatic rings. The molecule has 1 saturated heterocycles. The molecule has 1 heterocycles. The monoisotopic (exact) mass is 316 g/mol. The first-order valence-electron chi connectivity index (χ1n) is 8.52. The van der Waals surface area contributed by atoms with Crippen molar-refractivity contribution in [2.24, 2.45) is 5.41 Å². The van der Waals surface area contributed by atoms with Gasteiger partial charge in [-0.05, 0) is 24.8 Å². The lowest BCUT2D eigenvalue weighted by Gasteiger charge is -2.25. The number of hydrogen-bond acceptors (Lipinski definition) is 2. The van der Waals surface area contributed by atoms with Crippen LogP contribution in [-0.2, 0) is 9.59 Å². The molecule has 1 fully saturated rings. The van der Waals surface area contributed by atoms with Gasteiger partial charge in [-0.25, -0.2) is 0 Å². The molecule has 1 N–H and O–H groups in total. The minimum absolute atomic E-state index is 0.0354. The van der Waals surface area contributed by atoms with E-state index in [0.29, 0.717) is 19.4 Å². The van der Waals surface area contributed by atoms with Crippen LogP contribution in [0.15, 0.2) is 30.3 Å². The maximum atomic E-state index is 12.5. The Labute approximate surface area is 139 Å². The van der Waals surface area contributed by atoms with Gasteiger partial charge in [0.05, 0.1) is 6.04 Å². The van der Waals surface area contributed by atoms with E-state index in [4.69, 9.17) is 0 Å². The fourth-order valence-electron chi connectivity index (χ4n) is 2.94. The molecule has 1 aromatic carbocycles. The van der Waals surface area contributed by atoms with Crippen molar-refractivity contribution >= 4 is 11.8 Å². The molecule has 1 atom stereocenters. The molecule has 0 bridgehead atoms. The second-order valence-corrected chi connectivity index (χ2v) is 7.27. The van der Waals surface area contributed by atoms with Gasteiger partial charge in [-0.15, -0.1) is 0 Å². The summed E-state index contributed by atoms with van der Waals surface area (Å²) in [6.45, 7) is 7.07. The number of amides is 2. The zero-order valence-electron chi connectivity index (χ0n) is 14.5. The maximum Gasteiger partial charge on any atom is 0.225 e. The molecule has 4 nitrogen and oxygen atoms in total. The van der Waals surface area contributed by atoms with E-state index in [9.17, 15) is 9.59 Å². The fraction of sp³-hybridized carbons (Fsp3) is 0.579. The standard InChI is InChI=1S/C19H28N2O2/c1-19(2,3)18(23)20-13-7-12-17(22)21-14-8-11-16(21)15-9-5-4-6-10-15/h4-6,9-10,16H,7-8,11-14H2,1-3H3,(H,20,23). The van der Waals surface area contributed by atoms with Gasteiger partial charge in [0.2, 0.25) is 11.8 Å². The molecule has 2 amide bonds. The Morgan fingerprint density at radius 3 is 2.57 bits per heavy atom. The first kappa shape index (κ1) is 17.5. The molecule has 23 heavy (non-hydrogen) atoms. The van der Waals surface area contributed by atoms with Crippen molar-refractivity contribution in [2.45, 2.75) is 52.5 Å². The summed E-state index contributed by atoms with van der Waals surface area (Å²) in [6.07, 6.45) is 3.29. The van der Waals surface area contributed by atoms with Crippen LogP contribution < -0.4 is 5.32 Å². The Hall–Kier alpha value is -1.84. The Kier molecular flexibility index (Phi) is 5.80. The third kappa shape index (κ3) is 4.81. The van der Waals surface area contributed by atoms with Crippen LogP contribution in [0.3, 0.4) is 0 Å². The Balaban J connectivity index is 1.80. The third-order valence-electron chi connectivity index (χ3n) is 4.29. The predicted octanol–water partition coefficient (Wildman–Crippen LogP) is 3.29. The van der Waals surface area contributed by atoms with Gasteiger partial charge in [-0.3, -0.25) is 9.59 Å². The van der Waals surface area contributed by atoms with Crippen molar-refractivity contribution in [3.05, 3.63) is 35.9 Å². The molecule has 1 aliphatic heterocycles. The molecule has 1 aromatic rings. The highest BCUT2D eigenvalue weighted by Crippen LogP contribution is 2.32. The Morgan fingerprint density at radius 1 is 1.22 bits per heavy atom. The lowest BCUT2D eigenvalue weighted by atomic mass is 9.96. The summed E-state index contributed by atoms with van der Waals surface area (Å²) in [5.74, 6) is 0.231. The van der Waals surface area contributed by atoms with Crippen molar-refractivity contribution < 1.29 is 9.59 Å². The van der Waals surface area contributed by atoms with E-state index in [1.807, 2.05) is 43.9 Å². The molecular weight excluding hydrogens is 288 g/mol. The van der Waals surface area contributed by atoms with Crippen LogP contribution >= 0.6 is 0 Å². The second-order valence-electron chi connectivity index (χ2n) is 7.27. The molecule has 0 radical (unpaired) electrons. The minimum Gasteiger partial charge on any atom is -0.356 e. The molecular formula is C19H28N2O2. The zero-order valence-corrected chi connectivity index (χ0v) is 14.5. The van der Waals surface area contributed by atoms with Crippen molar-refractivity contribution in [1.82, 2.24) is 10.2 Å². The van der Waals surface area contributed by atoms with E-state index in [2.05, 4.69) is 17.4 Å². The summed E-state index contributed by atoms with van der Waals surface area (Å²) < 4.78 is 0. The van der Waals surface area contributed by atoms with Gasteiger partial charge in [0.15, 0.2) is 0 Å². The van der Waals surface area contributed by atoms with Crippen molar-refractivity contribution in [1.29, 1.82) is 0 Å². The minimum atomic E-state index is -0.378. The van der Waals surface area contributed by atoms with Crippen LogP contribution in [0.1, 0.15) is 58.1 Å². The van der Waals surface area contributed by atoms with Crippen LogP contribution in [0.5, 0.6) is 0 Å². The van der Waals surface area contributed by atoms with Gasteiger partial charge in [0.25, 0.3) is 0 Å². The second kappa shape index (κ2) is 7.62. The van der Waals surface area contributed by atoms with E-state index < -0.39 is 0 Å². The number of likely N-dealkylation sites (tertiary alicyclic amines) is 1. The van der Waals surface area contributed by atoms with Crippen LogP contribution in [-0.4, -0.2) is 29.8 Å². The summed E-state index contributed by atoms with van der Waals surface area (Å²) in [7, 11) is 0. The number of carbonyl (C=O) groups excluding carboxylic acids is 2. The molecule has 0 aromatic heterocycles. The third-order valence-corrected chi connectivity index (χ3v) is 4.29. The summed E-state index contributed by atoms with van der Waals surface area (Å²) >= 11 is 0. The average Bonchev–Trinajstić information content (AvgIpc) is 3.00. The van der Waals surface area contributed by atoms with Crippen LogP contribution in [0.25, 0.3) is 0 Å². The Morgan fingerprint density at radius 2 is 1.91 bits per heavy atom. The fourth-order valence-corrected chi connectivity index (χ4v) is 2.94. The van der Waals surface area contributed by atoms with E-state index in [1.54, 1.807) is 0 Å². The van der Waals surface area contributed by atoms with Gasteiger partial charge in [0, 0.05) is 24.9 Å². The topological polar surface area (TPSA) is 49.4 Å². The molecule has 126 valence electrons. The highest BCUT2D eigenvalue weighted by molar-refractivity contribution is 5.81. The number of benzene rings is 1. The lowest BCUT2D eigenvalue weighted by Crippen LogP contribution is -2.36. The normalized spacial score (nSPS) is 18.0. The van der Waals surface area contributed by atoms with Gasteiger partial charge < -0.3 is 10.2 Å². The van der Waals surface area contributed by atoms with E-state index in [1.165, 1.54) is 5.56 Å². The summed E-state index contributed by atoms with van der Waals surface area (Å²) in [6, 6.07) is 10.5. The summed E-state index contributed by atoms with van der Waals surface area (Å²) in [4.78, 5) is 26.3. The molecule has 0 aliphatic carbocycles. The van der Waals surface area contributed by atoms with E-state index in [-0.39, 0.29) is 23.3 Å². The smallest absolute Gasteiger partial charge is 0.225 e. The summed E-state index contributed by atoms with van der Waals surface area (Å²) in [5.41, 5.74) is 0.844. The van der Waals surface area contributed by atoms with Crippen LogP contribution in [0.4, 0.5) is 0 Å². The van der Waals surface area contributed by atoms with Crippen LogP contribution in [0.2, 0.25) is 0 Å². The lowest BCUT2D eigenvalue weighted by molar-refractivity contribution is -0.133. The van der Waals surface area contributed by atoms with Crippen molar-refractivity contribution in [3.63, 3.8) is 0 Å². The highest BCUT2D eigenvalue weighted by Gasteiger charge is 2.29. The molecule has 1 unspecified atom stereocenters. The SMILES string of the molecule is CC(C)(C)C(=O)NCCCC(=O)N1CCCC1c1ccccc1. The number of carbonyl (C=O) groups is 2.